The maximum Gasteiger partial charge on any atom is 0.260 e. The fraction of sp³-hybridized carbons (Fsp3) is 0.286. The summed E-state index contributed by atoms with van der Waals surface area (Å²) in [6.45, 7) is 3.03. The Labute approximate surface area is 164 Å². The molecule has 3 N–H and O–H groups in total. The van der Waals surface area contributed by atoms with Gasteiger partial charge in [-0.3, -0.25) is 14.8 Å². The van der Waals surface area contributed by atoms with Crippen LogP contribution in [0, 0.1) is 0 Å². The van der Waals surface area contributed by atoms with Gasteiger partial charge in [0.05, 0.1) is 11.8 Å². The van der Waals surface area contributed by atoms with Gasteiger partial charge >= 0.3 is 0 Å². The second kappa shape index (κ2) is 8.67. The van der Waals surface area contributed by atoms with Crippen LogP contribution in [0.4, 0.5) is 11.6 Å². The van der Waals surface area contributed by atoms with Crippen molar-refractivity contribution in [1.82, 2.24) is 20.1 Å². The van der Waals surface area contributed by atoms with Crippen molar-refractivity contribution >= 4 is 17.5 Å². The molecule has 144 valence electrons. The maximum absolute atomic E-state index is 12.6. The van der Waals surface area contributed by atoms with Crippen LogP contribution in [0.3, 0.4) is 0 Å². The van der Waals surface area contributed by atoms with E-state index in [1.54, 1.807) is 30.6 Å². The molecule has 0 saturated carbocycles. The molecule has 1 aliphatic heterocycles. The number of aromatic amines is 1. The Kier molecular flexibility index (Phi) is 5.63. The summed E-state index contributed by atoms with van der Waals surface area (Å²) in [5.74, 6) is 0.983. The van der Waals surface area contributed by atoms with E-state index in [2.05, 4.69) is 55.0 Å². The van der Waals surface area contributed by atoms with Gasteiger partial charge in [-0.05, 0) is 30.5 Å². The van der Waals surface area contributed by atoms with Gasteiger partial charge in [-0.2, -0.15) is 5.10 Å². The molecule has 0 spiro atoms. The molecule has 3 heterocycles. The molecular formula is C21H24N6O. The monoisotopic (exact) mass is 376 g/mol. The molecule has 0 radical (unpaired) electrons. The van der Waals surface area contributed by atoms with Gasteiger partial charge in [-0.1, -0.05) is 30.3 Å². The molecule has 1 aliphatic rings. The number of carbonyl (C=O) groups is 1. The molecule has 7 nitrogen and oxygen atoms in total. The number of hydrogen-bond acceptors (Lipinski definition) is 5. The minimum Gasteiger partial charge on any atom is -0.367 e. The van der Waals surface area contributed by atoms with Crippen molar-refractivity contribution in [2.75, 3.05) is 23.7 Å². The number of piperidine rings is 1. The van der Waals surface area contributed by atoms with Crippen LogP contribution in [0.5, 0.6) is 0 Å². The third-order valence-electron chi connectivity index (χ3n) is 4.98. The lowest BCUT2D eigenvalue weighted by atomic mass is 10.0. The van der Waals surface area contributed by atoms with E-state index in [0.717, 1.165) is 32.5 Å². The first-order valence-electron chi connectivity index (χ1n) is 9.56. The van der Waals surface area contributed by atoms with Crippen LogP contribution in [0.2, 0.25) is 0 Å². The van der Waals surface area contributed by atoms with Gasteiger partial charge in [0.2, 0.25) is 0 Å². The normalized spacial score (nSPS) is 15.3. The van der Waals surface area contributed by atoms with Crippen LogP contribution in [0.25, 0.3) is 0 Å². The molecule has 1 aromatic carbocycles. The standard InChI is InChI=1S/C21H24N6O/c28-21(25-19-8-12-23-26-19)18-7-4-11-22-20(18)24-17-9-13-27(14-10-17)15-16-5-2-1-3-6-16/h1-8,11-12,17H,9-10,13-15H2,(H,22,24)(H2,23,25,26,28). The predicted octanol–water partition coefficient (Wildman–Crippen LogP) is 3.13. The largest absolute Gasteiger partial charge is 0.367 e. The lowest BCUT2D eigenvalue weighted by Gasteiger charge is -2.32. The van der Waals surface area contributed by atoms with Crippen LogP contribution < -0.4 is 10.6 Å². The quantitative estimate of drug-likeness (QED) is 0.615. The Hall–Kier alpha value is -3.19. The lowest BCUT2D eigenvalue weighted by molar-refractivity contribution is 0.102. The highest BCUT2D eigenvalue weighted by atomic mass is 16.1. The van der Waals surface area contributed by atoms with Crippen molar-refractivity contribution in [3.05, 3.63) is 72.1 Å². The van der Waals surface area contributed by atoms with E-state index < -0.39 is 0 Å². The highest BCUT2D eigenvalue weighted by Crippen LogP contribution is 2.20. The molecular weight excluding hydrogens is 352 g/mol. The summed E-state index contributed by atoms with van der Waals surface area (Å²) >= 11 is 0. The molecule has 4 rings (SSSR count). The third-order valence-corrected chi connectivity index (χ3v) is 4.98. The van der Waals surface area contributed by atoms with Gasteiger partial charge in [0.15, 0.2) is 0 Å². The van der Waals surface area contributed by atoms with E-state index in [0.29, 0.717) is 23.2 Å². The minimum atomic E-state index is -0.207. The molecule has 1 saturated heterocycles. The first kappa shape index (κ1) is 18.2. The average molecular weight is 376 g/mol. The van der Waals surface area contributed by atoms with Crippen molar-refractivity contribution in [2.45, 2.75) is 25.4 Å². The Bertz CT molecular complexity index is 888. The topological polar surface area (TPSA) is 85.9 Å². The van der Waals surface area contributed by atoms with Crippen molar-refractivity contribution in [3.8, 4) is 0 Å². The zero-order valence-electron chi connectivity index (χ0n) is 15.6. The fourth-order valence-electron chi connectivity index (χ4n) is 3.49. The van der Waals surface area contributed by atoms with E-state index in [1.165, 1.54) is 5.56 Å². The van der Waals surface area contributed by atoms with Crippen molar-refractivity contribution < 1.29 is 4.79 Å². The number of aromatic nitrogens is 3. The van der Waals surface area contributed by atoms with Crippen LogP contribution in [-0.2, 0) is 6.54 Å². The summed E-state index contributed by atoms with van der Waals surface area (Å²) in [5.41, 5.74) is 1.88. The smallest absolute Gasteiger partial charge is 0.260 e. The van der Waals surface area contributed by atoms with Gasteiger partial charge in [-0.25, -0.2) is 4.98 Å². The van der Waals surface area contributed by atoms with Crippen molar-refractivity contribution in [1.29, 1.82) is 0 Å². The highest BCUT2D eigenvalue weighted by Gasteiger charge is 2.21. The highest BCUT2D eigenvalue weighted by molar-refractivity contribution is 6.07. The predicted molar refractivity (Wildman–Crippen MR) is 109 cm³/mol. The van der Waals surface area contributed by atoms with Gasteiger partial charge in [-0.15, -0.1) is 0 Å². The Morgan fingerprint density at radius 2 is 1.89 bits per heavy atom. The third kappa shape index (κ3) is 4.55. The number of nitrogens with one attached hydrogen (secondary N) is 3. The second-order valence-corrected chi connectivity index (χ2v) is 7.00. The second-order valence-electron chi connectivity index (χ2n) is 7.00. The number of benzene rings is 1. The molecule has 0 aliphatic carbocycles. The number of carbonyl (C=O) groups excluding carboxylic acids is 1. The minimum absolute atomic E-state index is 0.207. The number of amides is 1. The first-order valence-corrected chi connectivity index (χ1v) is 9.56. The molecule has 1 amide bonds. The zero-order chi connectivity index (χ0) is 19.2. The number of anilines is 2. The van der Waals surface area contributed by atoms with E-state index in [4.69, 9.17) is 0 Å². The number of pyridine rings is 1. The number of H-pyrrole nitrogens is 1. The molecule has 3 aromatic rings. The summed E-state index contributed by atoms with van der Waals surface area (Å²) in [5, 5.41) is 12.9. The number of hydrogen-bond donors (Lipinski definition) is 3. The fourth-order valence-corrected chi connectivity index (χ4v) is 3.49. The average Bonchev–Trinajstić information content (AvgIpc) is 3.24. The summed E-state index contributed by atoms with van der Waals surface area (Å²) in [4.78, 5) is 19.5. The SMILES string of the molecule is O=C(Nc1ccn[nH]1)c1cccnc1NC1CCN(Cc2ccccc2)CC1. The molecule has 0 bridgehead atoms. The molecule has 7 heteroatoms. The van der Waals surface area contributed by atoms with Crippen LogP contribution in [0.15, 0.2) is 60.9 Å². The van der Waals surface area contributed by atoms with Gasteiger partial charge in [0.25, 0.3) is 5.91 Å². The molecule has 28 heavy (non-hydrogen) atoms. The summed E-state index contributed by atoms with van der Waals surface area (Å²) < 4.78 is 0. The summed E-state index contributed by atoms with van der Waals surface area (Å²) in [7, 11) is 0. The number of nitrogens with zero attached hydrogens (tertiary/aromatic N) is 3. The van der Waals surface area contributed by atoms with Crippen molar-refractivity contribution in [2.24, 2.45) is 0 Å². The number of likely N-dealkylation sites (tertiary alicyclic amines) is 1. The van der Waals surface area contributed by atoms with Crippen molar-refractivity contribution in [3.63, 3.8) is 0 Å². The molecule has 1 fully saturated rings. The van der Waals surface area contributed by atoms with Gasteiger partial charge in [0, 0.05) is 37.9 Å². The summed E-state index contributed by atoms with van der Waals surface area (Å²) in [6, 6.07) is 16.1. The van der Waals surface area contributed by atoms with E-state index in [9.17, 15) is 4.79 Å². The summed E-state index contributed by atoms with van der Waals surface area (Å²) in [6.07, 6.45) is 5.34. The van der Waals surface area contributed by atoms with Crippen LogP contribution in [0.1, 0.15) is 28.8 Å². The molecule has 2 aromatic heterocycles. The Morgan fingerprint density at radius 1 is 1.07 bits per heavy atom. The van der Waals surface area contributed by atoms with Crippen LogP contribution >= 0.6 is 0 Å². The number of rotatable bonds is 6. The van der Waals surface area contributed by atoms with E-state index in [1.807, 2.05) is 6.07 Å². The van der Waals surface area contributed by atoms with Gasteiger partial charge in [0.1, 0.15) is 11.6 Å². The lowest BCUT2D eigenvalue weighted by Crippen LogP contribution is -2.39. The molecule has 0 atom stereocenters. The molecule has 0 unspecified atom stereocenters. The van der Waals surface area contributed by atoms with Crippen LogP contribution in [-0.4, -0.2) is 45.1 Å². The van der Waals surface area contributed by atoms with E-state index in [-0.39, 0.29) is 5.91 Å². The Morgan fingerprint density at radius 3 is 2.64 bits per heavy atom. The zero-order valence-corrected chi connectivity index (χ0v) is 15.6. The maximum atomic E-state index is 12.6. The Balaban J connectivity index is 1.34. The van der Waals surface area contributed by atoms with Gasteiger partial charge < -0.3 is 10.6 Å². The van der Waals surface area contributed by atoms with E-state index >= 15 is 0 Å². The first-order chi connectivity index (χ1) is 13.8.